The average Bonchev–Trinajstić information content (AvgIpc) is 3.05. The summed E-state index contributed by atoms with van der Waals surface area (Å²) in [5.74, 6) is -1.85. The number of nitrogens with zero attached hydrogens (tertiary/aromatic N) is 2. The number of carbonyl (C=O) groups is 1. The summed E-state index contributed by atoms with van der Waals surface area (Å²) in [4.78, 5) is 12.3. The first-order valence-electron chi connectivity index (χ1n) is 7.52. The van der Waals surface area contributed by atoms with Crippen molar-refractivity contribution < 1.29 is 13.6 Å². The lowest BCUT2D eigenvalue weighted by Gasteiger charge is -2.14. The molecule has 3 rings (SSSR count). The molecule has 4 nitrogen and oxygen atoms in total. The van der Waals surface area contributed by atoms with Crippen LogP contribution in [0.4, 0.5) is 8.78 Å². The van der Waals surface area contributed by atoms with Gasteiger partial charge in [0.15, 0.2) is 5.69 Å². The van der Waals surface area contributed by atoms with Crippen LogP contribution in [0.5, 0.6) is 0 Å². The molecule has 1 atom stereocenters. The maximum atomic E-state index is 13.8. The smallest absolute Gasteiger partial charge is 0.272 e. The molecule has 1 amide bonds. The van der Waals surface area contributed by atoms with Crippen LogP contribution in [-0.4, -0.2) is 15.7 Å². The first-order chi connectivity index (χ1) is 12.0. The number of benzene rings is 2. The zero-order valence-corrected chi connectivity index (χ0v) is 14.0. The summed E-state index contributed by atoms with van der Waals surface area (Å²) in [5.41, 5.74) is 0.996. The highest BCUT2D eigenvalue weighted by atomic mass is 35.5. The summed E-state index contributed by atoms with van der Waals surface area (Å²) in [7, 11) is 0. The third kappa shape index (κ3) is 3.69. The molecule has 0 aliphatic rings. The zero-order valence-electron chi connectivity index (χ0n) is 13.2. The minimum absolute atomic E-state index is 0.161. The fourth-order valence-corrected chi connectivity index (χ4v) is 2.64. The summed E-state index contributed by atoms with van der Waals surface area (Å²) < 4.78 is 28.3. The fourth-order valence-electron chi connectivity index (χ4n) is 2.42. The summed E-state index contributed by atoms with van der Waals surface area (Å²) in [6, 6.07) is 11.2. The van der Waals surface area contributed by atoms with Crippen LogP contribution in [0.3, 0.4) is 0 Å². The van der Waals surface area contributed by atoms with Crippen molar-refractivity contribution in [3.05, 3.63) is 82.6 Å². The van der Waals surface area contributed by atoms with Crippen LogP contribution in [-0.2, 0) is 0 Å². The number of carbonyl (C=O) groups excluding carboxylic acids is 1. The van der Waals surface area contributed by atoms with E-state index in [0.29, 0.717) is 10.7 Å². The Morgan fingerprint density at radius 2 is 1.96 bits per heavy atom. The molecule has 0 aliphatic carbocycles. The van der Waals surface area contributed by atoms with Gasteiger partial charge in [-0.25, -0.2) is 13.5 Å². The Labute approximate surface area is 148 Å². The van der Waals surface area contributed by atoms with E-state index in [-0.39, 0.29) is 11.3 Å². The Morgan fingerprint density at radius 3 is 2.68 bits per heavy atom. The molecule has 0 saturated carbocycles. The fraction of sp³-hybridized carbons (Fsp3) is 0.111. The van der Waals surface area contributed by atoms with Crippen molar-refractivity contribution in [1.29, 1.82) is 0 Å². The van der Waals surface area contributed by atoms with E-state index in [1.807, 2.05) is 6.07 Å². The Kier molecular flexibility index (Phi) is 4.81. The van der Waals surface area contributed by atoms with E-state index in [1.165, 1.54) is 16.8 Å². The largest absolute Gasteiger partial charge is 0.344 e. The molecule has 1 unspecified atom stereocenters. The van der Waals surface area contributed by atoms with Crippen molar-refractivity contribution in [3.8, 4) is 5.69 Å². The standard InChI is InChI=1S/C18H14ClF2N3O/c1-11(13-7-6-12(20)10-15(13)21)22-18(25)16-8-9-24(23-16)17-5-3-2-4-14(17)19/h2-11H,1H3,(H,22,25). The molecule has 25 heavy (non-hydrogen) atoms. The molecule has 1 N–H and O–H groups in total. The van der Waals surface area contributed by atoms with Gasteiger partial charge in [-0.05, 0) is 31.2 Å². The van der Waals surface area contributed by atoms with Gasteiger partial charge in [0.2, 0.25) is 0 Å². The molecule has 2 aromatic carbocycles. The van der Waals surface area contributed by atoms with Gasteiger partial charge in [0, 0.05) is 17.8 Å². The Bertz CT molecular complexity index is 926. The Hall–Kier alpha value is -2.73. The molecule has 0 bridgehead atoms. The maximum absolute atomic E-state index is 13.8. The number of nitrogens with one attached hydrogen (secondary N) is 1. The third-order valence-corrected chi connectivity index (χ3v) is 4.02. The van der Waals surface area contributed by atoms with Crippen molar-refractivity contribution in [2.45, 2.75) is 13.0 Å². The number of aromatic nitrogens is 2. The van der Waals surface area contributed by atoms with E-state index in [4.69, 9.17) is 11.6 Å². The quantitative estimate of drug-likeness (QED) is 0.753. The van der Waals surface area contributed by atoms with Crippen LogP contribution in [0.15, 0.2) is 54.7 Å². The predicted octanol–water partition coefficient (Wildman–Crippen LogP) is 4.29. The summed E-state index contributed by atoms with van der Waals surface area (Å²) in [6.45, 7) is 1.61. The number of hydrogen-bond donors (Lipinski definition) is 1. The zero-order chi connectivity index (χ0) is 18.0. The van der Waals surface area contributed by atoms with Crippen LogP contribution in [0, 0.1) is 11.6 Å². The summed E-state index contributed by atoms with van der Waals surface area (Å²) >= 11 is 6.11. The molecule has 0 aliphatic heterocycles. The second-order valence-electron chi connectivity index (χ2n) is 5.46. The molecule has 0 fully saturated rings. The SMILES string of the molecule is CC(NC(=O)c1ccn(-c2ccccc2Cl)n1)c1ccc(F)cc1F. The second-order valence-corrected chi connectivity index (χ2v) is 5.87. The molecular formula is C18H14ClF2N3O. The molecule has 3 aromatic rings. The average molecular weight is 362 g/mol. The Balaban J connectivity index is 1.77. The van der Waals surface area contributed by atoms with Gasteiger partial charge in [-0.1, -0.05) is 29.8 Å². The number of halogens is 3. The van der Waals surface area contributed by atoms with Gasteiger partial charge in [-0.15, -0.1) is 0 Å². The minimum atomic E-state index is -0.714. The van der Waals surface area contributed by atoms with E-state index >= 15 is 0 Å². The monoisotopic (exact) mass is 361 g/mol. The van der Waals surface area contributed by atoms with Gasteiger partial charge in [-0.3, -0.25) is 4.79 Å². The summed E-state index contributed by atoms with van der Waals surface area (Å²) in [5, 5.41) is 7.33. The molecule has 7 heteroatoms. The van der Waals surface area contributed by atoms with Crippen LogP contribution in [0.1, 0.15) is 29.0 Å². The van der Waals surface area contributed by atoms with Crippen molar-refractivity contribution in [2.75, 3.05) is 0 Å². The van der Waals surface area contributed by atoms with Crippen LogP contribution >= 0.6 is 11.6 Å². The number of rotatable bonds is 4. The van der Waals surface area contributed by atoms with Crippen molar-refractivity contribution in [1.82, 2.24) is 15.1 Å². The normalized spacial score (nSPS) is 12.0. The van der Waals surface area contributed by atoms with Crippen molar-refractivity contribution in [3.63, 3.8) is 0 Å². The Morgan fingerprint density at radius 1 is 1.20 bits per heavy atom. The topological polar surface area (TPSA) is 46.9 Å². The van der Waals surface area contributed by atoms with Gasteiger partial charge in [0.1, 0.15) is 11.6 Å². The van der Waals surface area contributed by atoms with Crippen molar-refractivity contribution in [2.24, 2.45) is 0 Å². The number of para-hydroxylation sites is 1. The van der Waals surface area contributed by atoms with Gasteiger partial charge >= 0.3 is 0 Å². The first-order valence-corrected chi connectivity index (χ1v) is 7.90. The predicted molar refractivity (Wildman–Crippen MR) is 90.8 cm³/mol. The molecule has 128 valence electrons. The first kappa shape index (κ1) is 17.1. The third-order valence-electron chi connectivity index (χ3n) is 3.70. The van der Waals surface area contributed by atoms with E-state index in [0.717, 1.165) is 12.1 Å². The van der Waals surface area contributed by atoms with Gasteiger partial charge in [0.25, 0.3) is 5.91 Å². The molecule has 1 heterocycles. The lowest BCUT2D eigenvalue weighted by atomic mass is 10.1. The lowest BCUT2D eigenvalue weighted by molar-refractivity contribution is 0.0934. The van der Waals surface area contributed by atoms with Gasteiger partial charge in [-0.2, -0.15) is 5.10 Å². The molecule has 0 saturated heterocycles. The van der Waals surface area contributed by atoms with Gasteiger partial charge < -0.3 is 5.32 Å². The van der Waals surface area contributed by atoms with E-state index in [1.54, 1.807) is 31.3 Å². The highest BCUT2D eigenvalue weighted by Crippen LogP contribution is 2.20. The number of hydrogen-bond acceptors (Lipinski definition) is 2. The molecular weight excluding hydrogens is 348 g/mol. The molecule has 1 aromatic heterocycles. The summed E-state index contributed by atoms with van der Waals surface area (Å²) in [6.07, 6.45) is 1.61. The number of amides is 1. The molecule has 0 spiro atoms. The van der Waals surface area contributed by atoms with Crippen LogP contribution in [0.2, 0.25) is 5.02 Å². The van der Waals surface area contributed by atoms with Crippen molar-refractivity contribution >= 4 is 17.5 Å². The van der Waals surface area contributed by atoms with E-state index in [2.05, 4.69) is 10.4 Å². The van der Waals surface area contributed by atoms with Gasteiger partial charge in [0.05, 0.1) is 16.8 Å². The highest BCUT2D eigenvalue weighted by molar-refractivity contribution is 6.32. The van der Waals surface area contributed by atoms with E-state index < -0.39 is 23.6 Å². The molecule has 0 radical (unpaired) electrons. The van der Waals surface area contributed by atoms with Crippen LogP contribution in [0.25, 0.3) is 5.69 Å². The maximum Gasteiger partial charge on any atom is 0.272 e. The highest BCUT2D eigenvalue weighted by Gasteiger charge is 2.17. The second kappa shape index (κ2) is 7.03. The minimum Gasteiger partial charge on any atom is -0.344 e. The van der Waals surface area contributed by atoms with Crippen LogP contribution < -0.4 is 5.32 Å². The lowest BCUT2D eigenvalue weighted by Crippen LogP contribution is -2.27. The van der Waals surface area contributed by atoms with E-state index in [9.17, 15) is 13.6 Å².